The van der Waals surface area contributed by atoms with Crippen LogP contribution in [0.5, 0.6) is 0 Å². The van der Waals surface area contributed by atoms with Crippen molar-refractivity contribution in [3.8, 4) is 0 Å². The van der Waals surface area contributed by atoms with Crippen molar-refractivity contribution < 1.29 is 0 Å². The molecule has 0 aromatic heterocycles. The highest BCUT2D eigenvalue weighted by Crippen LogP contribution is 2.39. The predicted octanol–water partition coefficient (Wildman–Crippen LogP) is 4.00. The highest BCUT2D eigenvalue weighted by atomic mass is 32.2. The van der Waals surface area contributed by atoms with Crippen LogP contribution in [0.2, 0.25) is 0 Å². The fourth-order valence-electron chi connectivity index (χ4n) is 2.51. The molecule has 1 unspecified atom stereocenters. The molecule has 1 aromatic rings. The van der Waals surface area contributed by atoms with Crippen LogP contribution in [-0.2, 0) is 0 Å². The molecule has 0 spiro atoms. The average Bonchev–Trinajstić information content (AvgIpc) is 2.72. The minimum atomic E-state index is 0.660. The van der Waals surface area contributed by atoms with Crippen molar-refractivity contribution in [2.45, 2.75) is 44.0 Å². The van der Waals surface area contributed by atoms with E-state index in [2.05, 4.69) is 49.9 Å². The standard InChI is InChI=1S/C15H23NS/c1-4-9-16(12(2)3)10-13-11-17-15-8-6-5-7-14(13)15/h5-8,12-13H,4,9-11H2,1-3H3. The first-order valence-electron chi connectivity index (χ1n) is 6.68. The molecule has 1 atom stereocenters. The summed E-state index contributed by atoms with van der Waals surface area (Å²) in [6.45, 7) is 9.33. The monoisotopic (exact) mass is 249 g/mol. The van der Waals surface area contributed by atoms with E-state index in [0.29, 0.717) is 6.04 Å². The Morgan fingerprint density at radius 3 is 2.82 bits per heavy atom. The molecule has 1 aliphatic rings. The first-order valence-corrected chi connectivity index (χ1v) is 7.66. The lowest BCUT2D eigenvalue weighted by molar-refractivity contribution is 0.212. The molecule has 2 rings (SSSR count). The fourth-order valence-corrected chi connectivity index (χ4v) is 3.75. The summed E-state index contributed by atoms with van der Waals surface area (Å²) in [4.78, 5) is 4.12. The lowest BCUT2D eigenvalue weighted by Gasteiger charge is -2.29. The van der Waals surface area contributed by atoms with Crippen molar-refractivity contribution in [1.29, 1.82) is 0 Å². The Kier molecular flexibility index (Phi) is 4.52. The van der Waals surface area contributed by atoms with E-state index in [4.69, 9.17) is 0 Å². The van der Waals surface area contributed by atoms with Crippen LogP contribution in [0.4, 0.5) is 0 Å². The quantitative estimate of drug-likeness (QED) is 0.776. The third kappa shape index (κ3) is 3.05. The molecule has 0 radical (unpaired) electrons. The van der Waals surface area contributed by atoms with Crippen LogP contribution in [0.25, 0.3) is 0 Å². The molecule has 1 aliphatic heterocycles. The molecule has 0 N–H and O–H groups in total. The van der Waals surface area contributed by atoms with E-state index in [9.17, 15) is 0 Å². The molecule has 0 saturated carbocycles. The second-order valence-electron chi connectivity index (χ2n) is 5.13. The minimum absolute atomic E-state index is 0.660. The SMILES string of the molecule is CCCN(CC1CSc2ccccc21)C(C)C. The number of rotatable bonds is 5. The van der Waals surface area contributed by atoms with E-state index in [0.717, 1.165) is 5.92 Å². The normalized spacial score (nSPS) is 19.0. The van der Waals surface area contributed by atoms with E-state index in [1.165, 1.54) is 30.2 Å². The van der Waals surface area contributed by atoms with Crippen molar-refractivity contribution in [3.63, 3.8) is 0 Å². The van der Waals surface area contributed by atoms with Gasteiger partial charge in [0.05, 0.1) is 0 Å². The predicted molar refractivity (Wildman–Crippen MR) is 76.9 cm³/mol. The number of hydrogen-bond donors (Lipinski definition) is 0. The summed E-state index contributed by atoms with van der Waals surface area (Å²) < 4.78 is 0. The lowest BCUT2D eigenvalue weighted by atomic mass is 10.00. The van der Waals surface area contributed by atoms with Gasteiger partial charge in [0.2, 0.25) is 0 Å². The van der Waals surface area contributed by atoms with Gasteiger partial charge in [0.25, 0.3) is 0 Å². The highest BCUT2D eigenvalue weighted by Gasteiger charge is 2.25. The van der Waals surface area contributed by atoms with Gasteiger partial charge in [-0.25, -0.2) is 0 Å². The van der Waals surface area contributed by atoms with Gasteiger partial charge < -0.3 is 4.90 Å². The Balaban J connectivity index is 2.05. The maximum Gasteiger partial charge on any atom is 0.0108 e. The van der Waals surface area contributed by atoms with Gasteiger partial charge in [0.15, 0.2) is 0 Å². The van der Waals surface area contributed by atoms with Crippen molar-refractivity contribution in [2.24, 2.45) is 0 Å². The summed E-state index contributed by atoms with van der Waals surface area (Å²) >= 11 is 2.02. The Morgan fingerprint density at radius 1 is 1.35 bits per heavy atom. The molecule has 1 aromatic carbocycles. The second-order valence-corrected chi connectivity index (χ2v) is 6.20. The maximum atomic E-state index is 2.62. The van der Waals surface area contributed by atoms with E-state index < -0.39 is 0 Å². The molecule has 0 bridgehead atoms. The molecule has 94 valence electrons. The smallest absolute Gasteiger partial charge is 0.0108 e. The van der Waals surface area contributed by atoms with E-state index in [1.807, 2.05) is 11.8 Å². The lowest BCUT2D eigenvalue weighted by Crippen LogP contribution is -2.35. The zero-order chi connectivity index (χ0) is 12.3. The van der Waals surface area contributed by atoms with Gasteiger partial charge in [-0.15, -0.1) is 11.8 Å². The average molecular weight is 249 g/mol. The molecule has 0 fully saturated rings. The Bertz CT molecular complexity index is 362. The summed E-state index contributed by atoms with van der Waals surface area (Å²) in [5.74, 6) is 1.98. The third-order valence-corrected chi connectivity index (χ3v) is 4.75. The molecule has 0 aliphatic carbocycles. The van der Waals surface area contributed by atoms with Gasteiger partial charge in [-0.2, -0.15) is 0 Å². The molecular weight excluding hydrogens is 226 g/mol. The number of thioether (sulfide) groups is 1. The first-order chi connectivity index (χ1) is 8.22. The molecule has 0 saturated heterocycles. The topological polar surface area (TPSA) is 3.24 Å². The molecule has 17 heavy (non-hydrogen) atoms. The largest absolute Gasteiger partial charge is 0.300 e. The van der Waals surface area contributed by atoms with Crippen LogP contribution in [0.1, 0.15) is 38.7 Å². The van der Waals surface area contributed by atoms with Crippen LogP contribution >= 0.6 is 11.8 Å². The minimum Gasteiger partial charge on any atom is -0.300 e. The Labute approximate surface area is 110 Å². The van der Waals surface area contributed by atoms with Gasteiger partial charge in [0, 0.05) is 29.2 Å². The maximum absolute atomic E-state index is 2.62. The van der Waals surface area contributed by atoms with Crippen LogP contribution in [-0.4, -0.2) is 29.8 Å². The van der Waals surface area contributed by atoms with Gasteiger partial charge in [-0.3, -0.25) is 0 Å². The van der Waals surface area contributed by atoms with E-state index in [-0.39, 0.29) is 0 Å². The number of benzene rings is 1. The fraction of sp³-hybridized carbons (Fsp3) is 0.600. The highest BCUT2D eigenvalue weighted by molar-refractivity contribution is 7.99. The molecule has 1 heterocycles. The Hall–Kier alpha value is -0.470. The van der Waals surface area contributed by atoms with E-state index >= 15 is 0 Å². The van der Waals surface area contributed by atoms with Crippen LogP contribution in [0.15, 0.2) is 29.2 Å². The van der Waals surface area contributed by atoms with Gasteiger partial charge in [-0.1, -0.05) is 25.1 Å². The summed E-state index contributed by atoms with van der Waals surface area (Å²) in [5, 5.41) is 0. The van der Waals surface area contributed by atoms with Crippen molar-refractivity contribution >= 4 is 11.8 Å². The molecular formula is C15H23NS. The summed E-state index contributed by atoms with van der Waals surface area (Å²) in [6.07, 6.45) is 1.25. The summed E-state index contributed by atoms with van der Waals surface area (Å²) in [5.41, 5.74) is 1.57. The molecule has 0 amide bonds. The number of fused-ring (bicyclic) bond motifs is 1. The second kappa shape index (κ2) is 5.92. The Morgan fingerprint density at radius 2 is 2.12 bits per heavy atom. The van der Waals surface area contributed by atoms with Crippen molar-refractivity contribution in [1.82, 2.24) is 4.90 Å². The van der Waals surface area contributed by atoms with Crippen LogP contribution in [0, 0.1) is 0 Å². The van der Waals surface area contributed by atoms with Gasteiger partial charge >= 0.3 is 0 Å². The van der Waals surface area contributed by atoms with E-state index in [1.54, 1.807) is 5.56 Å². The van der Waals surface area contributed by atoms with Crippen LogP contribution in [0.3, 0.4) is 0 Å². The van der Waals surface area contributed by atoms with Gasteiger partial charge in [-0.05, 0) is 38.4 Å². The molecule has 1 nitrogen and oxygen atoms in total. The van der Waals surface area contributed by atoms with Crippen LogP contribution < -0.4 is 0 Å². The number of hydrogen-bond acceptors (Lipinski definition) is 2. The molecule has 2 heteroatoms. The third-order valence-electron chi connectivity index (χ3n) is 3.49. The zero-order valence-corrected chi connectivity index (χ0v) is 12.0. The van der Waals surface area contributed by atoms with Crippen molar-refractivity contribution in [3.05, 3.63) is 29.8 Å². The van der Waals surface area contributed by atoms with Crippen molar-refractivity contribution in [2.75, 3.05) is 18.8 Å². The first kappa shape index (κ1) is 13.0. The number of nitrogens with zero attached hydrogens (tertiary/aromatic N) is 1. The zero-order valence-electron chi connectivity index (χ0n) is 11.1. The van der Waals surface area contributed by atoms with Gasteiger partial charge in [0.1, 0.15) is 0 Å². The summed E-state index contributed by atoms with van der Waals surface area (Å²) in [6, 6.07) is 9.56. The summed E-state index contributed by atoms with van der Waals surface area (Å²) in [7, 11) is 0.